The van der Waals surface area contributed by atoms with Gasteiger partial charge in [-0.05, 0) is 17.5 Å². The summed E-state index contributed by atoms with van der Waals surface area (Å²) in [7, 11) is -2.10. The highest BCUT2D eigenvalue weighted by atomic mass is 32.2. The van der Waals surface area contributed by atoms with Crippen molar-refractivity contribution in [2.75, 3.05) is 12.8 Å². The molecule has 6 nitrogen and oxygen atoms in total. The predicted molar refractivity (Wildman–Crippen MR) is 77.5 cm³/mol. The Balaban J connectivity index is 2.19. The Morgan fingerprint density at radius 3 is 2.35 bits per heavy atom. The molecule has 1 heterocycles. The van der Waals surface area contributed by atoms with Gasteiger partial charge in [-0.15, -0.1) is 0 Å². The standard InChI is InChI=1S/C13H18N4O2S/c1-3-10-4-6-11(7-5-10)9-17(2)20(18,19)12-8-15-16-13(12)14/h4-8H,3,9H2,1-2H3,(H3,14,15,16). The van der Waals surface area contributed by atoms with Crippen molar-refractivity contribution in [3.8, 4) is 0 Å². The molecule has 0 aliphatic heterocycles. The Morgan fingerprint density at radius 1 is 1.25 bits per heavy atom. The van der Waals surface area contributed by atoms with E-state index in [9.17, 15) is 8.42 Å². The molecule has 2 aromatic rings. The number of hydrogen-bond acceptors (Lipinski definition) is 4. The van der Waals surface area contributed by atoms with Gasteiger partial charge in [-0.25, -0.2) is 8.42 Å². The first-order valence-corrected chi connectivity index (χ1v) is 7.72. The first-order chi connectivity index (χ1) is 9.45. The minimum absolute atomic E-state index is 0.00479. The average molecular weight is 294 g/mol. The second-order valence-corrected chi connectivity index (χ2v) is 6.59. The molecule has 0 saturated heterocycles. The topological polar surface area (TPSA) is 92.1 Å². The van der Waals surface area contributed by atoms with Crippen molar-refractivity contribution < 1.29 is 8.42 Å². The Hall–Kier alpha value is -1.86. The lowest BCUT2D eigenvalue weighted by Gasteiger charge is -2.16. The fourth-order valence-corrected chi connectivity index (χ4v) is 3.05. The number of nitrogens with two attached hydrogens (primary N) is 1. The quantitative estimate of drug-likeness (QED) is 0.871. The van der Waals surface area contributed by atoms with Gasteiger partial charge >= 0.3 is 0 Å². The van der Waals surface area contributed by atoms with Crippen molar-refractivity contribution in [3.63, 3.8) is 0 Å². The van der Waals surface area contributed by atoms with Gasteiger partial charge in [0.15, 0.2) is 0 Å². The van der Waals surface area contributed by atoms with Crippen molar-refractivity contribution in [3.05, 3.63) is 41.6 Å². The van der Waals surface area contributed by atoms with E-state index in [1.54, 1.807) is 0 Å². The molecule has 0 fully saturated rings. The van der Waals surface area contributed by atoms with Crippen molar-refractivity contribution in [1.82, 2.24) is 14.5 Å². The minimum Gasteiger partial charge on any atom is -0.383 e. The van der Waals surface area contributed by atoms with Crippen molar-refractivity contribution in [1.29, 1.82) is 0 Å². The van der Waals surface area contributed by atoms with Crippen LogP contribution < -0.4 is 5.73 Å². The van der Waals surface area contributed by atoms with Gasteiger partial charge in [0.05, 0.1) is 6.20 Å². The van der Waals surface area contributed by atoms with Crippen LogP contribution in [-0.2, 0) is 23.0 Å². The second kappa shape index (κ2) is 5.64. The summed E-state index contributed by atoms with van der Waals surface area (Å²) in [6.07, 6.45) is 2.18. The molecule has 0 amide bonds. The van der Waals surface area contributed by atoms with Crippen LogP contribution in [0, 0.1) is 0 Å². The molecule has 0 saturated carbocycles. The lowest BCUT2D eigenvalue weighted by molar-refractivity contribution is 0.467. The molecule has 3 N–H and O–H groups in total. The lowest BCUT2D eigenvalue weighted by atomic mass is 10.1. The van der Waals surface area contributed by atoms with Crippen molar-refractivity contribution in [2.45, 2.75) is 24.8 Å². The van der Waals surface area contributed by atoms with E-state index in [-0.39, 0.29) is 17.3 Å². The summed E-state index contributed by atoms with van der Waals surface area (Å²) in [5.41, 5.74) is 7.72. The molecule has 7 heteroatoms. The fourth-order valence-electron chi connectivity index (χ4n) is 1.88. The highest BCUT2D eigenvalue weighted by Gasteiger charge is 2.24. The first kappa shape index (κ1) is 14.5. The van der Waals surface area contributed by atoms with E-state index < -0.39 is 10.0 Å². The van der Waals surface area contributed by atoms with Crippen molar-refractivity contribution >= 4 is 15.8 Å². The second-order valence-electron chi connectivity index (χ2n) is 4.58. The van der Waals surface area contributed by atoms with E-state index in [4.69, 9.17) is 5.73 Å². The maximum Gasteiger partial charge on any atom is 0.248 e. The molecule has 1 aromatic heterocycles. The molecule has 0 aliphatic rings. The van der Waals surface area contributed by atoms with Crippen LogP contribution in [0.25, 0.3) is 0 Å². The van der Waals surface area contributed by atoms with E-state index in [1.807, 2.05) is 24.3 Å². The molecule has 20 heavy (non-hydrogen) atoms. The molecule has 0 bridgehead atoms. The number of nitrogen functional groups attached to an aromatic ring is 1. The van der Waals surface area contributed by atoms with Gasteiger partial charge in [-0.2, -0.15) is 9.40 Å². The number of H-pyrrole nitrogens is 1. The van der Waals surface area contributed by atoms with E-state index in [2.05, 4.69) is 17.1 Å². The predicted octanol–water partition coefficient (Wildman–Crippen LogP) is 1.37. The fraction of sp³-hybridized carbons (Fsp3) is 0.308. The summed E-state index contributed by atoms with van der Waals surface area (Å²) >= 11 is 0. The first-order valence-electron chi connectivity index (χ1n) is 6.28. The number of aryl methyl sites for hydroxylation is 1. The lowest BCUT2D eigenvalue weighted by Crippen LogP contribution is -2.26. The third-order valence-electron chi connectivity index (χ3n) is 3.16. The Labute approximate surface area is 118 Å². The number of benzene rings is 1. The molecule has 1 aromatic carbocycles. The van der Waals surface area contributed by atoms with Crippen LogP contribution in [0.4, 0.5) is 5.82 Å². The maximum atomic E-state index is 12.3. The zero-order valence-electron chi connectivity index (χ0n) is 11.5. The third kappa shape index (κ3) is 2.83. The number of hydrogen-bond donors (Lipinski definition) is 2. The van der Waals surface area contributed by atoms with Crippen molar-refractivity contribution in [2.24, 2.45) is 0 Å². The number of nitrogens with one attached hydrogen (secondary N) is 1. The Kier molecular flexibility index (Phi) is 4.10. The molecule has 2 rings (SSSR count). The summed E-state index contributed by atoms with van der Waals surface area (Å²) in [6, 6.07) is 7.87. The maximum absolute atomic E-state index is 12.3. The molecule has 0 aliphatic carbocycles. The van der Waals surface area contributed by atoms with Crippen LogP contribution in [0.5, 0.6) is 0 Å². The van der Waals surface area contributed by atoms with Gasteiger partial charge in [-0.3, -0.25) is 5.10 Å². The van der Waals surface area contributed by atoms with Gasteiger partial charge in [0.1, 0.15) is 10.7 Å². The largest absolute Gasteiger partial charge is 0.383 e. The molecule has 108 valence electrons. The summed E-state index contributed by atoms with van der Waals surface area (Å²) in [5, 5.41) is 6.07. The summed E-state index contributed by atoms with van der Waals surface area (Å²) in [4.78, 5) is 0.00479. The number of aromatic nitrogens is 2. The highest BCUT2D eigenvalue weighted by molar-refractivity contribution is 7.89. The van der Waals surface area contributed by atoms with E-state index in [0.717, 1.165) is 12.0 Å². The van der Waals surface area contributed by atoms with Crippen LogP contribution in [-0.4, -0.2) is 30.0 Å². The SMILES string of the molecule is CCc1ccc(CN(C)S(=O)(=O)c2cn[nH]c2N)cc1. The van der Waals surface area contributed by atoms with Crippen LogP contribution in [0.2, 0.25) is 0 Å². The summed E-state index contributed by atoms with van der Waals surface area (Å²) in [6.45, 7) is 2.37. The van der Waals surface area contributed by atoms with Gasteiger partial charge in [0, 0.05) is 13.6 Å². The van der Waals surface area contributed by atoms with E-state index >= 15 is 0 Å². The zero-order valence-corrected chi connectivity index (χ0v) is 12.3. The van der Waals surface area contributed by atoms with Crippen LogP contribution in [0.15, 0.2) is 35.4 Å². The normalized spacial score (nSPS) is 11.9. The van der Waals surface area contributed by atoms with E-state index in [1.165, 1.54) is 23.1 Å². The van der Waals surface area contributed by atoms with Crippen LogP contribution >= 0.6 is 0 Å². The van der Waals surface area contributed by atoms with E-state index in [0.29, 0.717) is 0 Å². The summed E-state index contributed by atoms with van der Waals surface area (Å²) in [5.74, 6) is 0.0539. The Bertz CT molecular complexity index is 677. The van der Waals surface area contributed by atoms with Gasteiger partial charge < -0.3 is 5.73 Å². The number of aromatic amines is 1. The van der Waals surface area contributed by atoms with Gasteiger partial charge in [0.2, 0.25) is 10.0 Å². The smallest absolute Gasteiger partial charge is 0.248 e. The molecule has 0 spiro atoms. The average Bonchev–Trinajstić information content (AvgIpc) is 2.86. The van der Waals surface area contributed by atoms with Crippen LogP contribution in [0.1, 0.15) is 18.1 Å². The number of rotatable bonds is 5. The van der Waals surface area contributed by atoms with Crippen LogP contribution in [0.3, 0.4) is 0 Å². The highest BCUT2D eigenvalue weighted by Crippen LogP contribution is 2.20. The number of nitrogens with zero attached hydrogens (tertiary/aromatic N) is 2. The third-order valence-corrected chi connectivity index (χ3v) is 4.99. The van der Waals surface area contributed by atoms with Gasteiger partial charge in [-0.1, -0.05) is 31.2 Å². The molecular weight excluding hydrogens is 276 g/mol. The number of sulfonamides is 1. The monoisotopic (exact) mass is 294 g/mol. The minimum atomic E-state index is -3.63. The zero-order chi connectivity index (χ0) is 14.8. The molecule has 0 radical (unpaired) electrons. The molecular formula is C13H18N4O2S. The molecule has 0 atom stereocenters. The Morgan fingerprint density at radius 2 is 1.85 bits per heavy atom. The summed E-state index contributed by atoms with van der Waals surface area (Å²) < 4.78 is 25.9. The van der Waals surface area contributed by atoms with Gasteiger partial charge in [0.25, 0.3) is 0 Å². The number of anilines is 1. The molecule has 0 unspecified atom stereocenters.